The molecule has 0 spiro atoms. The minimum atomic E-state index is 0.0423. The van der Waals surface area contributed by atoms with Crippen molar-refractivity contribution in [2.45, 2.75) is 20.4 Å². The highest BCUT2D eigenvalue weighted by atomic mass is 16.1. The minimum Gasteiger partial charge on any atom is -0.311 e. The van der Waals surface area contributed by atoms with Crippen molar-refractivity contribution in [3.05, 3.63) is 58.6 Å². The third-order valence-corrected chi connectivity index (χ3v) is 1.89. The molecule has 0 radical (unpaired) electrons. The number of nitrogens with zero attached hydrogens (tertiary/aromatic N) is 1. The van der Waals surface area contributed by atoms with E-state index in [1.54, 1.807) is 22.9 Å². The zero-order valence-corrected chi connectivity index (χ0v) is 8.60. The molecule has 0 aliphatic rings. The molecule has 0 amide bonds. The zero-order valence-electron chi connectivity index (χ0n) is 8.60. The van der Waals surface area contributed by atoms with Crippen molar-refractivity contribution in [2.75, 3.05) is 0 Å². The molecule has 0 saturated heterocycles. The van der Waals surface area contributed by atoms with Gasteiger partial charge in [0.25, 0.3) is 5.56 Å². The maximum Gasteiger partial charge on any atom is 0.250 e. The number of rotatable bonds is 3. The first-order valence-electron chi connectivity index (χ1n) is 4.68. The molecule has 0 aliphatic carbocycles. The van der Waals surface area contributed by atoms with E-state index in [4.69, 9.17) is 0 Å². The van der Waals surface area contributed by atoms with Gasteiger partial charge in [-0.15, -0.1) is 0 Å². The number of pyridine rings is 1. The average molecular weight is 189 g/mol. The third kappa shape index (κ3) is 3.05. The fourth-order valence-electron chi connectivity index (χ4n) is 1.17. The predicted molar refractivity (Wildman–Crippen MR) is 59.3 cm³/mol. The van der Waals surface area contributed by atoms with Gasteiger partial charge in [-0.3, -0.25) is 4.79 Å². The lowest BCUT2D eigenvalue weighted by Crippen LogP contribution is -2.18. The van der Waals surface area contributed by atoms with E-state index < -0.39 is 0 Å². The fourth-order valence-corrected chi connectivity index (χ4v) is 1.17. The summed E-state index contributed by atoms with van der Waals surface area (Å²) < 4.78 is 1.69. The molecule has 1 heterocycles. The highest BCUT2D eigenvalue weighted by molar-refractivity contribution is 5.10. The van der Waals surface area contributed by atoms with E-state index in [0.29, 0.717) is 6.54 Å². The Bertz CT molecular complexity index is 399. The molecule has 0 bridgehead atoms. The summed E-state index contributed by atoms with van der Waals surface area (Å²) in [6.07, 6.45) is 7.76. The maximum atomic E-state index is 11.3. The molecule has 14 heavy (non-hydrogen) atoms. The van der Waals surface area contributed by atoms with Crippen LogP contribution < -0.4 is 5.56 Å². The Hall–Kier alpha value is -1.57. The van der Waals surface area contributed by atoms with Crippen molar-refractivity contribution < 1.29 is 0 Å². The Morgan fingerprint density at radius 2 is 2.29 bits per heavy atom. The van der Waals surface area contributed by atoms with E-state index in [0.717, 1.165) is 5.57 Å². The lowest BCUT2D eigenvalue weighted by atomic mass is 10.2. The van der Waals surface area contributed by atoms with E-state index in [2.05, 4.69) is 0 Å². The van der Waals surface area contributed by atoms with Gasteiger partial charge in [0.1, 0.15) is 0 Å². The van der Waals surface area contributed by atoms with Gasteiger partial charge in [0.2, 0.25) is 0 Å². The molecule has 2 heteroatoms. The summed E-state index contributed by atoms with van der Waals surface area (Å²) in [5.74, 6) is 0. The molecule has 0 N–H and O–H groups in total. The highest BCUT2D eigenvalue weighted by Crippen LogP contribution is 1.96. The predicted octanol–water partition coefficient (Wildman–Crippen LogP) is 2.37. The van der Waals surface area contributed by atoms with Crippen LogP contribution in [0.15, 0.2) is 53.0 Å². The van der Waals surface area contributed by atoms with Crippen LogP contribution in [-0.4, -0.2) is 4.57 Å². The van der Waals surface area contributed by atoms with E-state index in [-0.39, 0.29) is 5.56 Å². The summed E-state index contributed by atoms with van der Waals surface area (Å²) in [7, 11) is 0. The van der Waals surface area contributed by atoms with Crippen molar-refractivity contribution in [3.8, 4) is 0 Å². The van der Waals surface area contributed by atoms with Gasteiger partial charge in [-0.05, 0) is 19.9 Å². The van der Waals surface area contributed by atoms with Crippen LogP contribution in [0.4, 0.5) is 0 Å². The van der Waals surface area contributed by atoms with Gasteiger partial charge in [-0.1, -0.05) is 29.9 Å². The Morgan fingerprint density at radius 3 is 2.93 bits per heavy atom. The van der Waals surface area contributed by atoms with Gasteiger partial charge in [0.05, 0.1) is 0 Å². The second kappa shape index (κ2) is 5.22. The van der Waals surface area contributed by atoms with E-state index in [9.17, 15) is 4.79 Å². The normalized spacial score (nSPS) is 12.3. The van der Waals surface area contributed by atoms with Crippen molar-refractivity contribution in [1.82, 2.24) is 4.57 Å². The lowest BCUT2D eigenvalue weighted by molar-refractivity contribution is 0.747. The molecule has 0 fully saturated rings. The van der Waals surface area contributed by atoms with Crippen LogP contribution in [0.3, 0.4) is 0 Å². The quantitative estimate of drug-likeness (QED) is 0.669. The summed E-state index contributed by atoms with van der Waals surface area (Å²) in [6.45, 7) is 4.64. The largest absolute Gasteiger partial charge is 0.311 e. The molecule has 0 unspecified atom stereocenters. The molecule has 0 aromatic carbocycles. The second-order valence-corrected chi connectivity index (χ2v) is 3.21. The molecule has 1 aromatic rings. The Labute approximate surface area is 84.2 Å². The average Bonchev–Trinajstić information content (AvgIpc) is 2.18. The third-order valence-electron chi connectivity index (χ3n) is 1.89. The van der Waals surface area contributed by atoms with Gasteiger partial charge in [-0.2, -0.15) is 0 Å². The second-order valence-electron chi connectivity index (χ2n) is 3.21. The van der Waals surface area contributed by atoms with Gasteiger partial charge >= 0.3 is 0 Å². The fraction of sp³-hybridized carbons (Fsp3) is 0.250. The first-order chi connectivity index (χ1) is 6.74. The molecule has 0 saturated carbocycles. The SMILES string of the molecule is C/C=C\C=C(/C)Cn1ccccc1=O. The zero-order chi connectivity index (χ0) is 10.4. The summed E-state index contributed by atoms with van der Waals surface area (Å²) in [4.78, 5) is 11.3. The summed E-state index contributed by atoms with van der Waals surface area (Å²) in [6, 6.07) is 5.19. The molecule has 0 aliphatic heterocycles. The molecule has 1 rings (SSSR count). The molecule has 2 nitrogen and oxygen atoms in total. The minimum absolute atomic E-state index is 0.0423. The van der Waals surface area contributed by atoms with E-state index in [1.807, 2.05) is 38.1 Å². The van der Waals surface area contributed by atoms with Gasteiger partial charge < -0.3 is 4.57 Å². The molecule has 0 atom stereocenters. The standard InChI is InChI=1S/C12H15NO/c1-3-4-7-11(2)10-13-9-6-5-8-12(13)14/h3-9H,10H2,1-2H3/b4-3-,11-7+. The highest BCUT2D eigenvalue weighted by Gasteiger charge is 1.93. The van der Waals surface area contributed by atoms with Crippen LogP contribution in [0.2, 0.25) is 0 Å². The molecular formula is C12H15NO. The van der Waals surface area contributed by atoms with Gasteiger partial charge in [-0.25, -0.2) is 0 Å². The molecule has 1 aromatic heterocycles. The molecular weight excluding hydrogens is 174 g/mol. The van der Waals surface area contributed by atoms with Crippen LogP contribution in [0.5, 0.6) is 0 Å². The Kier molecular flexibility index (Phi) is 3.92. The van der Waals surface area contributed by atoms with Crippen molar-refractivity contribution in [3.63, 3.8) is 0 Å². The summed E-state index contributed by atoms with van der Waals surface area (Å²) in [5.41, 5.74) is 1.21. The van der Waals surface area contributed by atoms with Crippen LogP contribution >= 0.6 is 0 Å². The van der Waals surface area contributed by atoms with Crippen LogP contribution in [0.25, 0.3) is 0 Å². The van der Waals surface area contributed by atoms with Crippen LogP contribution in [0, 0.1) is 0 Å². The van der Waals surface area contributed by atoms with Crippen molar-refractivity contribution in [1.29, 1.82) is 0 Å². The lowest BCUT2D eigenvalue weighted by Gasteiger charge is -2.03. The number of aromatic nitrogens is 1. The topological polar surface area (TPSA) is 22.0 Å². The van der Waals surface area contributed by atoms with Crippen LogP contribution in [-0.2, 0) is 6.54 Å². The van der Waals surface area contributed by atoms with Gasteiger partial charge in [0, 0.05) is 18.8 Å². The van der Waals surface area contributed by atoms with E-state index in [1.165, 1.54) is 0 Å². The van der Waals surface area contributed by atoms with E-state index >= 15 is 0 Å². The Morgan fingerprint density at radius 1 is 1.50 bits per heavy atom. The van der Waals surface area contributed by atoms with Crippen LogP contribution in [0.1, 0.15) is 13.8 Å². The number of hydrogen-bond acceptors (Lipinski definition) is 1. The first-order valence-corrected chi connectivity index (χ1v) is 4.68. The smallest absolute Gasteiger partial charge is 0.250 e. The maximum absolute atomic E-state index is 11.3. The van der Waals surface area contributed by atoms with Gasteiger partial charge in [0.15, 0.2) is 0 Å². The number of hydrogen-bond donors (Lipinski definition) is 0. The number of allylic oxidation sites excluding steroid dienone is 4. The Balaban J connectivity index is 2.79. The monoisotopic (exact) mass is 189 g/mol. The molecule has 74 valence electrons. The first kappa shape index (κ1) is 10.5. The summed E-state index contributed by atoms with van der Waals surface area (Å²) in [5, 5.41) is 0. The summed E-state index contributed by atoms with van der Waals surface area (Å²) >= 11 is 0. The van der Waals surface area contributed by atoms with Crippen molar-refractivity contribution in [2.24, 2.45) is 0 Å². The van der Waals surface area contributed by atoms with Crippen molar-refractivity contribution >= 4 is 0 Å².